The Hall–Kier alpha value is -5.98. The van der Waals surface area contributed by atoms with Crippen LogP contribution in [0.2, 0.25) is 0 Å². The molecule has 12 nitrogen and oxygen atoms in total. The maximum Gasteiger partial charge on any atom is 0.317 e. The van der Waals surface area contributed by atoms with E-state index >= 15 is 0 Å². The third-order valence-corrected chi connectivity index (χ3v) is 9.09. The van der Waals surface area contributed by atoms with Gasteiger partial charge >= 0.3 is 5.97 Å². The van der Waals surface area contributed by atoms with Crippen molar-refractivity contribution in [3.05, 3.63) is 141 Å². The standard InChI is InChI=1S/C39H38N4O8/c44-32-17-15-30(31-16-18-34(46)42-35(31)32)33(45)21-40-19-4-20-41-36(47)26-9-7-25(8-10-26)22-51-29-13-11-27(12-14-29)37(48)43-23-39(24-43,38(49)50)28-5-2-1-3-6-28/h1-3,5-18,33,40,44-45H,4,19-24H2,(H,41,47)(H,42,46)(H,49,50)/t33-/m0/s1. The third-order valence-electron chi connectivity index (χ3n) is 9.09. The highest BCUT2D eigenvalue weighted by Gasteiger charge is 2.52. The van der Waals surface area contributed by atoms with E-state index in [0.29, 0.717) is 52.9 Å². The molecule has 0 unspecified atom stereocenters. The smallest absolute Gasteiger partial charge is 0.317 e. The van der Waals surface area contributed by atoms with Crippen LogP contribution in [0.25, 0.3) is 10.9 Å². The lowest BCUT2D eigenvalue weighted by molar-refractivity contribution is -0.149. The van der Waals surface area contributed by atoms with E-state index in [0.717, 1.165) is 5.56 Å². The number of H-pyrrole nitrogens is 1. The Labute approximate surface area is 293 Å². The summed E-state index contributed by atoms with van der Waals surface area (Å²) >= 11 is 0. The zero-order valence-corrected chi connectivity index (χ0v) is 27.7. The summed E-state index contributed by atoms with van der Waals surface area (Å²) in [6, 6.07) is 28.7. The van der Waals surface area contributed by atoms with Crippen LogP contribution in [0.1, 0.15) is 49.9 Å². The van der Waals surface area contributed by atoms with E-state index in [-0.39, 0.29) is 54.9 Å². The Kier molecular flexibility index (Phi) is 10.4. The number of benzene rings is 4. The monoisotopic (exact) mass is 690 g/mol. The number of aliphatic hydroxyl groups is 1. The van der Waals surface area contributed by atoms with Crippen molar-refractivity contribution in [2.24, 2.45) is 0 Å². The van der Waals surface area contributed by atoms with Gasteiger partial charge in [0.2, 0.25) is 5.56 Å². The summed E-state index contributed by atoms with van der Waals surface area (Å²) in [5, 5.41) is 37.2. The lowest BCUT2D eigenvalue weighted by Crippen LogP contribution is -2.65. The summed E-state index contributed by atoms with van der Waals surface area (Å²) in [5.74, 6) is -0.896. The molecule has 2 amide bonds. The van der Waals surface area contributed by atoms with E-state index in [9.17, 15) is 34.5 Å². The van der Waals surface area contributed by atoms with Crippen LogP contribution in [0.3, 0.4) is 0 Å². The molecule has 2 heterocycles. The fourth-order valence-electron chi connectivity index (χ4n) is 6.16. The number of aliphatic carboxylic acids is 1. The average molecular weight is 691 g/mol. The molecular weight excluding hydrogens is 652 g/mol. The first kappa shape index (κ1) is 34.9. The molecule has 0 saturated carbocycles. The number of aromatic hydroxyl groups is 1. The van der Waals surface area contributed by atoms with Crippen molar-refractivity contribution in [2.75, 3.05) is 32.7 Å². The molecule has 6 N–H and O–H groups in total. The number of phenolic OH excluding ortho intramolecular Hbond substituents is 1. The Morgan fingerprint density at radius 1 is 0.863 bits per heavy atom. The molecule has 1 aliphatic heterocycles. The van der Waals surface area contributed by atoms with Crippen LogP contribution in [0.15, 0.2) is 108 Å². The number of hydrogen-bond acceptors (Lipinski definition) is 8. The molecule has 51 heavy (non-hydrogen) atoms. The minimum absolute atomic E-state index is 0.0663. The maximum absolute atomic E-state index is 13.0. The first-order chi connectivity index (χ1) is 24.6. The van der Waals surface area contributed by atoms with Gasteiger partial charge in [0.05, 0.1) is 11.6 Å². The molecule has 0 aliphatic carbocycles. The number of likely N-dealkylation sites (tertiary alicyclic amines) is 1. The van der Waals surface area contributed by atoms with Gasteiger partial charge in [0.15, 0.2) is 0 Å². The number of pyridine rings is 1. The highest BCUT2D eigenvalue weighted by atomic mass is 16.5. The van der Waals surface area contributed by atoms with Gasteiger partial charge in [-0.2, -0.15) is 0 Å². The number of carbonyl (C=O) groups is 3. The van der Waals surface area contributed by atoms with Gasteiger partial charge in [-0.15, -0.1) is 0 Å². The number of rotatable bonds is 14. The molecule has 1 aliphatic rings. The van der Waals surface area contributed by atoms with Gasteiger partial charge in [-0.25, -0.2) is 0 Å². The minimum atomic E-state index is -1.10. The second-order valence-corrected chi connectivity index (χ2v) is 12.5. The van der Waals surface area contributed by atoms with Crippen molar-refractivity contribution in [3.8, 4) is 11.5 Å². The summed E-state index contributed by atoms with van der Waals surface area (Å²) < 4.78 is 5.88. The lowest BCUT2D eigenvalue weighted by atomic mass is 9.73. The molecule has 1 aromatic heterocycles. The number of carboxylic acids is 1. The normalized spacial score (nSPS) is 14.0. The first-order valence-electron chi connectivity index (χ1n) is 16.6. The van der Waals surface area contributed by atoms with Crippen molar-refractivity contribution in [3.63, 3.8) is 0 Å². The zero-order valence-electron chi connectivity index (χ0n) is 27.7. The number of nitrogens with one attached hydrogen (secondary N) is 3. The van der Waals surface area contributed by atoms with E-state index in [4.69, 9.17) is 4.74 Å². The zero-order chi connectivity index (χ0) is 36.0. The Bertz CT molecular complexity index is 2080. The van der Waals surface area contributed by atoms with Gasteiger partial charge in [0.1, 0.15) is 23.5 Å². The lowest BCUT2D eigenvalue weighted by Gasteiger charge is -2.47. The topological polar surface area (TPSA) is 181 Å². The van der Waals surface area contributed by atoms with E-state index in [1.807, 2.05) is 18.2 Å². The summed E-state index contributed by atoms with van der Waals surface area (Å²) in [4.78, 5) is 53.5. The quantitative estimate of drug-likeness (QED) is 0.0947. The highest BCUT2D eigenvalue weighted by Crippen LogP contribution is 2.36. The number of phenols is 1. The van der Waals surface area contributed by atoms with E-state index < -0.39 is 17.5 Å². The molecular formula is C39H38N4O8. The average Bonchev–Trinajstić information content (AvgIpc) is 3.12. The van der Waals surface area contributed by atoms with Crippen molar-refractivity contribution < 1.29 is 34.4 Å². The van der Waals surface area contributed by atoms with Crippen LogP contribution >= 0.6 is 0 Å². The van der Waals surface area contributed by atoms with Crippen LogP contribution in [-0.4, -0.2) is 75.7 Å². The molecule has 1 atom stereocenters. The van der Waals surface area contributed by atoms with Crippen LogP contribution in [0, 0.1) is 0 Å². The number of ether oxygens (including phenoxy) is 1. The molecule has 0 bridgehead atoms. The van der Waals surface area contributed by atoms with Gasteiger partial charge in [-0.05, 0) is 78.2 Å². The Morgan fingerprint density at radius 2 is 1.57 bits per heavy atom. The van der Waals surface area contributed by atoms with Crippen LogP contribution in [0.5, 0.6) is 11.5 Å². The Morgan fingerprint density at radius 3 is 2.27 bits per heavy atom. The number of carbonyl (C=O) groups excluding carboxylic acids is 2. The van der Waals surface area contributed by atoms with Gasteiger partial charge in [-0.3, -0.25) is 19.2 Å². The van der Waals surface area contributed by atoms with Crippen molar-refractivity contribution in [1.29, 1.82) is 0 Å². The molecule has 12 heteroatoms. The summed E-state index contributed by atoms with van der Waals surface area (Å²) in [7, 11) is 0. The van der Waals surface area contributed by atoms with E-state index in [1.165, 1.54) is 17.0 Å². The second kappa shape index (κ2) is 15.3. The SMILES string of the molecule is O=C(NCCCNC[C@H](O)c1ccc(O)c2[nH]c(=O)ccc12)c1ccc(COc2ccc(C(=O)N3CC(C(=O)O)(c4ccccc4)C3)cc2)cc1. The third kappa shape index (κ3) is 7.77. The molecule has 5 aromatic rings. The number of carboxylic acid groups (broad SMARTS) is 1. The van der Waals surface area contributed by atoms with Crippen LogP contribution in [-0.2, 0) is 16.8 Å². The van der Waals surface area contributed by atoms with E-state index in [2.05, 4.69) is 15.6 Å². The molecule has 262 valence electrons. The summed E-state index contributed by atoms with van der Waals surface area (Å²) in [6.07, 6.45) is -0.230. The largest absolute Gasteiger partial charge is 0.506 e. The van der Waals surface area contributed by atoms with Crippen LogP contribution < -0.4 is 20.9 Å². The summed E-state index contributed by atoms with van der Waals surface area (Å²) in [6.45, 7) is 1.70. The predicted octanol–water partition coefficient (Wildman–Crippen LogP) is 3.73. The first-order valence-corrected chi connectivity index (χ1v) is 16.6. The molecule has 1 fully saturated rings. The number of nitrogens with zero attached hydrogens (tertiary/aromatic N) is 1. The predicted molar refractivity (Wildman–Crippen MR) is 190 cm³/mol. The molecule has 0 spiro atoms. The van der Waals surface area contributed by atoms with E-state index in [1.54, 1.807) is 72.8 Å². The molecule has 4 aromatic carbocycles. The van der Waals surface area contributed by atoms with Crippen molar-refractivity contribution >= 4 is 28.7 Å². The van der Waals surface area contributed by atoms with Gasteiger partial charge in [0.25, 0.3) is 11.8 Å². The number of fused-ring (bicyclic) bond motifs is 1. The summed E-state index contributed by atoms with van der Waals surface area (Å²) in [5.41, 5.74) is 1.91. The number of hydrogen-bond donors (Lipinski definition) is 6. The number of amides is 2. The maximum atomic E-state index is 13.0. The molecule has 1 saturated heterocycles. The number of aromatic nitrogens is 1. The highest BCUT2D eigenvalue weighted by molar-refractivity contribution is 5.97. The van der Waals surface area contributed by atoms with Crippen molar-refractivity contribution in [1.82, 2.24) is 20.5 Å². The number of aromatic amines is 1. The molecule has 6 rings (SSSR count). The van der Waals surface area contributed by atoms with Crippen molar-refractivity contribution in [2.45, 2.75) is 24.5 Å². The second-order valence-electron chi connectivity index (χ2n) is 12.5. The van der Waals surface area contributed by atoms with Gasteiger partial charge < -0.3 is 40.6 Å². The minimum Gasteiger partial charge on any atom is -0.506 e. The fourth-order valence-corrected chi connectivity index (χ4v) is 6.16. The van der Waals surface area contributed by atoms with Gasteiger partial charge in [0, 0.05) is 48.8 Å². The number of aliphatic hydroxyl groups excluding tert-OH is 1. The van der Waals surface area contributed by atoms with Crippen LogP contribution in [0.4, 0.5) is 0 Å². The fraction of sp³-hybridized carbons (Fsp3) is 0.231. The Balaban J connectivity index is 0.900. The van der Waals surface area contributed by atoms with Gasteiger partial charge in [-0.1, -0.05) is 48.5 Å². The molecule has 0 radical (unpaired) electrons.